The number of fused-ring (bicyclic) bond motifs is 1. The van der Waals surface area contributed by atoms with Gasteiger partial charge in [0, 0.05) is 28.9 Å². The quantitative estimate of drug-likeness (QED) is 0.889. The maximum atomic E-state index is 5.24. The van der Waals surface area contributed by atoms with Gasteiger partial charge in [-0.3, -0.25) is 4.98 Å². The van der Waals surface area contributed by atoms with Gasteiger partial charge in [-0.1, -0.05) is 6.92 Å². The molecule has 3 nitrogen and oxygen atoms in total. The molecule has 1 aromatic heterocycles. The number of ether oxygens (including phenoxy) is 1. The molecule has 0 radical (unpaired) electrons. The second kappa shape index (κ2) is 5.25. The Bertz CT molecular complexity index is 551. The van der Waals surface area contributed by atoms with E-state index in [0.29, 0.717) is 6.04 Å². The van der Waals surface area contributed by atoms with Crippen molar-refractivity contribution in [3.8, 4) is 5.75 Å². The zero-order valence-electron chi connectivity index (χ0n) is 11.4. The largest absolute Gasteiger partial charge is 0.497 e. The van der Waals surface area contributed by atoms with Gasteiger partial charge in [0.1, 0.15) is 5.75 Å². The van der Waals surface area contributed by atoms with Gasteiger partial charge < -0.3 is 10.1 Å². The molecule has 0 aliphatic heterocycles. The van der Waals surface area contributed by atoms with E-state index in [-0.39, 0.29) is 0 Å². The van der Waals surface area contributed by atoms with Crippen LogP contribution in [0.1, 0.15) is 26.0 Å². The summed E-state index contributed by atoms with van der Waals surface area (Å²) in [4.78, 5) is 4.56. The van der Waals surface area contributed by atoms with Crippen LogP contribution in [0.4, 0.5) is 5.69 Å². The predicted molar refractivity (Wildman–Crippen MR) is 76.4 cm³/mol. The number of hydrogen-bond donors (Lipinski definition) is 1. The SMILES string of the molecule is CCC(C)Nc1cc(C)nc2cc(OC)ccc12. The lowest BCUT2D eigenvalue weighted by molar-refractivity contribution is 0.415. The normalized spacial score (nSPS) is 12.4. The highest BCUT2D eigenvalue weighted by Gasteiger charge is 2.07. The Balaban J connectivity index is 2.51. The zero-order chi connectivity index (χ0) is 13.1. The lowest BCUT2D eigenvalue weighted by atomic mass is 10.1. The van der Waals surface area contributed by atoms with E-state index >= 15 is 0 Å². The van der Waals surface area contributed by atoms with Crippen molar-refractivity contribution in [2.45, 2.75) is 33.2 Å². The van der Waals surface area contributed by atoms with Crippen LogP contribution in [0.25, 0.3) is 10.9 Å². The maximum absolute atomic E-state index is 5.24. The van der Waals surface area contributed by atoms with Crippen LogP contribution < -0.4 is 10.1 Å². The Hall–Kier alpha value is -1.77. The van der Waals surface area contributed by atoms with Gasteiger partial charge in [0.15, 0.2) is 0 Å². The Labute approximate surface area is 108 Å². The number of nitrogens with zero attached hydrogens (tertiary/aromatic N) is 1. The highest BCUT2D eigenvalue weighted by molar-refractivity contribution is 5.92. The number of aromatic nitrogens is 1. The molecular weight excluding hydrogens is 224 g/mol. The molecule has 0 fully saturated rings. The highest BCUT2D eigenvalue weighted by Crippen LogP contribution is 2.27. The van der Waals surface area contributed by atoms with Crippen molar-refractivity contribution in [1.29, 1.82) is 0 Å². The molecule has 1 unspecified atom stereocenters. The summed E-state index contributed by atoms with van der Waals surface area (Å²) in [6, 6.07) is 8.56. The fourth-order valence-corrected chi connectivity index (χ4v) is 1.95. The van der Waals surface area contributed by atoms with E-state index in [1.165, 1.54) is 0 Å². The molecule has 0 amide bonds. The van der Waals surface area contributed by atoms with Crippen LogP contribution in [0.3, 0.4) is 0 Å². The number of methoxy groups -OCH3 is 1. The summed E-state index contributed by atoms with van der Waals surface area (Å²) in [6.07, 6.45) is 1.10. The van der Waals surface area contributed by atoms with Gasteiger partial charge in [-0.25, -0.2) is 0 Å². The number of anilines is 1. The van der Waals surface area contributed by atoms with Crippen LogP contribution in [0, 0.1) is 6.92 Å². The van der Waals surface area contributed by atoms with Crippen LogP contribution >= 0.6 is 0 Å². The Morgan fingerprint density at radius 1 is 1.33 bits per heavy atom. The van der Waals surface area contributed by atoms with Crippen LogP contribution in [0.15, 0.2) is 24.3 Å². The minimum absolute atomic E-state index is 0.456. The molecule has 3 heteroatoms. The first kappa shape index (κ1) is 12.7. The monoisotopic (exact) mass is 244 g/mol. The summed E-state index contributed by atoms with van der Waals surface area (Å²) in [7, 11) is 1.68. The lowest BCUT2D eigenvalue weighted by Gasteiger charge is -2.16. The van der Waals surface area contributed by atoms with Crippen molar-refractivity contribution in [2.24, 2.45) is 0 Å². The second-order valence-electron chi connectivity index (χ2n) is 4.65. The summed E-state index contributed by atoms with van der Waals surface area (Å²) >= 11 is 0. The molecule has 1 heterocycles. The van der Waals surface area contributed by atoms with E-state index in [4.69, 9.17) is 4.74 Å². The molecule has 0 saturated carbocycles. The van der Waals surface area contributed by atoms with Gasteiger partial charge in [0.05, 0.1) is 12.6 Å². The van der Waals surface area contributed by atoms with Gasteiger partial charge >= 0.3 is 0 Å². The average Bonchev–Trinajstić information content (AvgIpc) is 2.37. The highest BCUT2D eigenvalue weighted by atomic mass is 16.5. The summed E-state index contributed by atoms with van der Waals surface area (Å²) < 4.78 is 5.24. The van der Waals surface area contributed by atoms with Crippen molar-refractivity contribution in [2.75, 3.05) is 12.4 Å². The zero-order valence-corrected chi connectivity index (χ0v) is 11.4. The molecule has 0 saturated heterocycles. The molecule has 0 spiro atoms. The van der Waals surface area contributed by atoms with Crippen molar-refractivity contribution in [1.82, 2.24) is 4.98 Å². The maximum Gasteiger partial charge on any atom is 0.121 e. The summed E-state index contributed by atoms with van der Waals surface area (Å²) in [5, 5.41) is 4.67. The molecule has 0 aliphatic rings. The lowest BCUT2D eigenvalue weighted by Crippen LogP contribution is -2.13. The van der Waals surface area contributed by atoms with E-state index < -0.39 is 0 Å². The standard InChI is InChI=1S/C15H20N2O/c1-5-10(2)16-14-8-11(3)17-15-9-12(18-4)6-7-13(14)15/h6-10H,5H2,1-4H3,(H,16,17). The Morgan fingerprint density at radius 3 is 2.78 bits per heavy atom. The number of hydrogen-bond acceptors (Lipinski definition) is 3. The third kappa shape index (κ3) is 2.55. The third-order valence-electron chi connectivity index (χ3n) is 3.16. The van der Waals surface area contributed by atoms with E-state index in [2.05, 4.69) is 36.3 Å². The summed E-state index contributed by atoms with van der Waals surface area (Å²) in [6.45, 7) is 6.38. The summed E-state index contributed by atoms with van der Waals surface area (Å²) in [5.41, 5.74) is 3.14. The van der Waals surface area contributed by atoms with Gasteiger partial charge in [-0.2, -0.15) is 0 Å². The Morgan fingerprint density at radius 2 is 2.11 bits per heavy atom. The van der Waals surface area contributed by atoms with Crippen molar-refractivity contribution >= 4 is 16.6 Å². The van der Waals surface area contributed by atoms with E-state index in [1.807, 2.05) is 19.1 Å². The van der Waals surface area contributed by atoms with E-state index in [9.17, 15) is 0 Å². The second-order valence-corrected chi connectivity index (χ2v) is 4.65. The molecule has 96 valence electrons. The molecule has 2 aromatic rings. The third-order valence-corrected chi connectivity index (χ3v) is 3.16. The number of benzene rings is 1. The van der Waals surface area contributed by atoms with Crippen molar-refractivity contribution in [3.05, 3.63) is 30.0 Å². The van der Waals surface area contributed by atoms with E-state index in [0.717, 1.165) is 34.5 Å². The molecule has 1 N–H and O–H groups in total. The van der Waals surface area contributed by atoms with Gasteiger partial charge in [-0.05, 0) is 38.5 Å². The Kier molecular flexibility index (Phi) is 3.70. The fraction of sp³-hybridized carbons (Fsp3) is 0.400. The molecular formula is C15H20N2O. The van der Waals surface area contributed by atoms with Gasteiger partial charge in [-0.15, -0.1) is 0 Å². The fourth-order valence-electron chi connectivity index (χ4n) is 1.95. The first-order valence-corrected chi connectivity index (χ1v) is 6.36. The predicted octanol–water partition coefficient (Wildman–Crippen LogP) is 3.76. The molecule has 0 aliphatic carbocycles. The number of rotatable bonds is 4. The first-order chi connectivity index (χ1) is 8.63. The van der Waals surface area contributed by atoms with E-state index in [1.54, 1.807) is 7.11 Å². The molecule has 1 aromatic carbocycles. The minimum Gasteiger partial charge on any atom is -0.497 e. The smallest absolute Gasteiger partial charge is 0.121 e. The molecule has 1 atom stereocenters. The van der Waals surface area contributed by atoms with Crippen LogP contribution in [-0.4, -0.2) is 18.1 Å². The molecule has 18 heavy (non-hydrogen) atoms. The van der Waals surface area contributed by atoms with Crippen molar-refractivity contribution in [3.63, 3.8) is 0 Å². The van der Waals surface area contributed by atoms with Gasteiger partial charge in [0.25, 0.3) is 0 Å². The van der Waals surface area contributed by atoms with Crippen molar-refractivity contribution < 1.29 is 4.74 Å². The van der Waals surface area contributed by atoms with Gasteiger partial charge in [0.2, 0.25) is 0 Å². The number of aryl methyl sites for hydroxylation is 1. The molecule has 2 rings (SSSR count). The minimum atomic E-state index is 0.456. The first-order valence-electron chi connectivity index (χ1n) is 6.36. The topological polar surface area (TPSA) is 34.2 Å². The summed E-state index contributed by atoms with van der Waals surface area (Å²) in [5.74, 6) is 0.843. The molecule has 0 bridgehead atoms. The van der Waals surface area contributed by atoms with Crippen LogP contribution in [0.2, 0.25) is 0 Å². The number of pyridine rings is 1. The van der Waals surface area contributed by atoms with Crippen LogP contribution in [0.5, 0.6) is 5.75 Å². The number of nitrogens with one attached hydrogen (secondary N) is 1. The average molecular weight is 244 g/mol. The van der Waals surface area contributed by atoms with Crippen LogP contribution in [-0.2, 0) is 0 Å².